The van der Waals surface area contributed by atoms with E-state index in [1.807, 2.05) is 30.3 Å². The molecule has 0 saturated carbocycles. The van der Waals surface area contributed by atoms with Gasteiger partial charge >= 0.3 is 6.09 Å². The summed E-state index contributed by atoms with van der Waals surface area (Å²) in [5.41, 5.74) is 0.355. The van der Waals surface area contributed by atoms with E-state index in [1.54, 1.807) is 25.0 Å². The SMILES string of the molecule is CC(C)[C@H](NC(=O)OCc1ccccc1)C(=O)Nc1nc2c(c(=O)[nH]1)N=CCN2COCCO. The van der Waals surface area contributed by atoms with Crippen molar-refractivity contribution >= 4 is 35.7 Å². The molecule has 0 aliphatic carbocycles. The maximum atomic E-state index is 12.9. The third kappa shape index (κ3) is 6.62. The number of carbonyl (C=O) groups is 2. The van der Waals surface area contributed by atoms with Crippen LogP contribution in [0.4, 0.5) is 22.2 Å². The summed E-state index contributed by atoms with van der Waals surface area (Å²) < 4.78 is 10.5. The summed E-state index contributed by atoms with van der Waals surface area (Å²) in [6.07, 6.45) is 0.797. The van der Waals surface area contributed by atoms with Gasteiger partial charge in [-0.05, 0) is 11.5 Å². The Morgan fingerprint density at radius 2 is 2.03 bits per heavy atom. The summed E-state index contributed by atoms with van der Waals surface area (Å²) in [5, 5.41) is 14.0. The fourth-order valence-corrected chi connectivity index (χ4v) is 3.14. The first-order valence-electron chi connectivity index (χ1n) is 10.8. The molecule has 1 atom stereocenters. The summed E-state index contributed by atoms with van der Waals surface area (Å²) in [5.74, 6) is -0.710. The lowest BCUT2D eigenvalue weighted by Gasteiger charge is -2.26. The van der Waals surface area contributed by atoms with Crippen LogP contribution in [0.25, 0.3) is 0 Å². The molecule has 0 unspecified atom stereocenters. The molecule has 3 rings (SSSR count). The van der Waals surface area contributed by atoms with E-state index in [1.165, 1.54) is 0 Å². The number of nitrogens with one attached hydrogen (secondary N) is 3. The van der Waals surface area contributed by atoms with Crippen molar-refractivity contribution in [1.82, 2.24) is 15.3 Å². The van der Waals surface area contributed by atoms with E-state index in [0.29, 0.717) is 6.54 Å². The molecule has 0 spiro atoms. The minimum atomic E-state index is -0.938. The van der Waals surface area contributed by atoms with Crippen molar-refractivity contribution in [2.45, 2.75) is 26.5 Å². The Bertz CT molecular complexity index is 1070. The second-order valence-electron chi connectivity index (χ2n) is 7.80. The molecule has 1 aliphatic heterocycles. The smallest absolute Gasteiger partial charge is 0.408 e. The van der Waals surface area contributed by atoms with Gasteiger partial charge < -0.3 is 24.8 Å². The number of aromatic nitrogens is 2. The zero-order valence-corrected chi connectivity index (χ0v) is 19.0. The zero-order valence-electron chi connectivity index (χ0n) is 19.0. The Kier molecular flexibility index (Phi) is 8.71. The molecule has 4 N–H and O–H groups in total. The Morgan fingerprint density at radius 3 is 2.74 bits per heavy atom. The highest BCUT2D eigenvalue weighted by Gasteiger charge is 2.27. The monoisotopic (exact) mass is 472 g/mol. The molecule has 34 heavy (non-hydrogen) atoms. The van der Waals surface area contributed by atoms with Crippen LogP contribution in [0.1, 0.15) is 19.4 Å². The van der Waals surface area contributed by atoms with Crippen LogP contribution in [-0.4, -0.2) is 65.8 Å². The van der Waals surface area contributed by atoms with E-state index in [-0.39, 0.29) is 49.9 Å². The lowest BCUT2D eigenvalue weighted by atomic mass is 10.0. The number of benzene rings is 1. The van der Waals surface area contributed by atoms with Crippen molar-refractivity contribution in [3.63, 3.8) is 0 Å². The van der Waals surface area contributed by atoms with Crippen LogP contribution in [0.5, 0.6) is 0 Å². The number of aromatic amines is 1. The molecule has 0 fully saturated rings. The number of hydrogen-bond acceptors (Lipinski definition) is 9. The number of alkyl carbamates (subject to hydrolysis) is 1. The number of fused-ring (bicyclic) bond motifs is 1. The number of ether oxygens (including phenoxy) is 2. The number of rotatable bonds is 10. The van der Waals surface area contributed by atoms with E-state index in [2.05, 4.69) is 25.6 Å². The predicted octanol–water partition coefficient (Wildman–Crippen LogP) is 1.15. The Balaban J connectivity index is 1.68. The molecule has 182 valence electrons. The minimum Gasteiger partial charge on any atom is -0.445 e. The van der Waals surface area contributed by atoms with Gasteiger partial charge in [-0.15, -0.1) is 0 Å². The molecule has 12 nitrogen and oxygen atoms in total. The number of nitrogens with zero attached hydrogens (tertiary/aromatic N) is 3. The molecule has 1 aromatic heterocycles. The fraction of sp³-hybridized carbons (Fsp3) is 0.409. The van der Waals surface area contributed by atoms with Gasteiger partial charge in [-0.3, -0.25) is 19.9 Å². The highest BCUT2D eigenvalue weighted by atomic mass is 16.5. The van der Waals surface area contributed by atoms with Gasteiger partial charge in [-0.1, -0.05) is 44.2 Å². The molecule has 1 aliphatic rings. The summed E-state index contributed by atoms with van der Waals surface area (Å²) in [4.78, 5) is 50.2. The van der Waals surface area contributed by atoms with Gasteiger partial charge in [0.2, 0.25) is 11.9 Å². The molecule has 0 radical (unpaired) electrons. The summed E-state index contributed by atoms with van der Waals surface area (Å²) in [6, 6.07) is 8.22. The zero-order chi connectivity index (χ0) is 24.5. The summed E-state index contributed by atoms with van der Waals surface area (Å²) in [7, 11) is 0. The third-order valence-electron chi connectivity index (χ3n) is 4.86. The van der Waals surface area contributed by atoms with Crippen LogP contribution in [0, 0.1) is 5.92 Å². The van der Waals surface area contributed by atoms with Gasteiger partial charge in [0.15, 0.2) is 11.5 Å². The number of aliphatic hydroxyl groups excluding tert-OH is 1. The number of anilines is 2. The summed E-state index contributed by atoms with van der Waals surface area (Å²) in [6.45, 7) is 3.99. The van der Waals surface area contributed by atoms with Crippen LogP contribution < -0.4 is 21.1 Å². The van der Waals surface area contributed by atoms with Crippen molar-refractivity contribution in [2.24, 2.45) is 10.9 Å². The molecule has 1 aromatic carbocycles. The van der Waals surface area contributed by atoms with Crippen LogP contribution in [0.15, 0.2) is 40.1 Å². The topological polar surface area (TPSA) is 158 Å². The Hall–Kier alpha value is -3.77. The summed E-state index contributed by atoms with van der Waals surface area (Å²) >= 11 is 0. The van der Waals surface area contributed by atoms with Gasteiger partial charge in [0.1, 0.15) is 19.4 Å². The standard InChI is InChI=1S/C22H28N6O6/c1-14(2)16(24-22(32)34-12-15-6-4-3-5-7-15)19(30)26-21-25-18-17(20(31)27-21)23-8-9-28(18)13-33-11-10-29/h3-8,14,16,29H,9-13H2,1-2H3,(H,24,32)(H2,25,26,27,30,31)/t16-/m0/s1. The Morgan fingerprint density at radius 1 is 1.26 bits per heavy atom. The van der Waals surface area contributed by atoms with Crippen LogP contribution >= 0.6 is 0 Å². The average molecular weight is 473 g/mol. The number of aliphatic hydroxyl groups is 1. The fourth-order valence-electron chi connectivity index (χ4n) is 3.14. The molecule has 2 heterocycles. The van der Waals surface area contributed by atoms with E-state index in [9.17, 15) is 14.4 Å². The lowest BCUT2D eigenvalue weighted by molar-refractivity contribution is -0.119. The normalized spacial score (nSPS) is 13.4. The first-order chi connectivity index (χ1) is 16.4. The van der Waals surface area contributed by atoms with Gasteiger partial charge in [-0.2, -0.15) is 4.98 Å². The van der Waals surface area contributed by atoms with Crippen LogP contribution in [0.3, 0.4) is 0 Å². The molecular weight excluding hydrogens is 444 g/mol. The van der Waals surface area contributed by atoms with Crippen molar-refractivity contribution < 1.29 is 24.2 Å². The van der Waals surface area contributed by atoms with E-state index in [0.717, 1.165) is 5.56 Å². The number of H-pyrrole nitrogens is 1. The maximum absolute atomic E-state index is 12.9. The number of amides is 2. The van der Waals surface area contributed by atoms with Gasteiger partial charge in [0, 0.05) is 6.21 Å². The largest absolute Gasteiger partial charge is 0.445 e. The van der Waals surface area contributed by atoms with E-state index < -0.39 is 23.6 Å². The second-order valence-corrected chi connectivity index (χ2v) is 7.80. The number of hydrogen-bond donors (Lipinski definition) is 4. The van der Waals surface area contributed by atoms with Crippen LogP contribution in [0.2, 0.25) is 0 Å². The van der Waals surface area contributed by atoms with Gasteiger partial charge in [0.25, 0.3) is 5.56 Å². The van der Waals surface area contributed by atoms with Crippen molar-refractivity contribution in [3.8, 4) is 0 Å². The number of aliphatic imine (C=N–C) groups is 1. The lowest BCUT2D eigenvalue weighted by Crippen LogP contribution is -2.47. The molecule has 12 heteroatoms. The quantitative estimate of drug-likeness (QED) is 0.375. The van der Waals surface area contributed by atoms with Gasteiger partial charge in [-0.25, -0.2) is 9.79 Å². The minimum absolute atomic E-state index is 0.0630. The van der Waals surface area contributed by atoms with E-state index >= 15 is 0 Å². The van der Waals surface area contributed by atoms with Gasteiger partial charge in [0.05, 0.1) is 19.8 Å². The Labute approximate surface area is 196 Å². The van der Waals surface area contributed by atoms with Crippen LogP contribution in [-0.2, 0) is 20.9 Å². The predicted molar refractivity (Wildman–Crippen MR) is 125 cm³/mol. The average Bonchev–Trinajstić information content (AvgIpc) is 2.82. The number of carbonyl (C=O) groups excluding carboxylic acids is 2. The maximum Gasteiger partial charge on any atom is 0.408 e. The molecule has 2 aromatic rings. The molecule has 2 amide bonds. The van der Waals surface area contributed by atoms with Crippen molar-refractivity contribution in [1.29, 1.82) is 0 Å². The third-order valence-corrected chi connectivity index (χ3v) is 4.86. The second kappa shape index (κ2) is 11.9. The van der Waals surface area contributed by atoms with E-state index in [4.69, 9.17) is 14.6 Å². The highest BCUT2D eigenvalue weighted by Crippen LogP contribution is 2.25. The molecule has 0 saturated heterocycles. The van der Waals surface area contributed by atoms with Crippen molar-refractivity contribution in [2.75, 3.05) is 36.7 Å². The highest BCUT2D eigenvalue weighted by molar-refractivity contribution is 5.95. The molecular formula is C22H28N6O6. The first-order valence-corrected chi connectivity index (χ1v) is 10.8. The first kappa shape index (κ1) is 24.9. The van der Waals surface area contributed by atoms with Crippen molar-refractivity contribution in [3.05, 3.63) is 46.2 Å². The molecule has 0 bridgehead atoms.